The Morgan fingerprint density at radius 3 is 1.79 bits per heavy atom. The summed E-state index contributed by atoms with van der Waals surface area (Å²) in [6.45, 7) is 13.9. The maximum atomic E-state index is 14.2. The highest BCUT2D eigenvalue weighted by molar-refractivity contribution is 7.62. The summed E-state index contributed by atoms with van der Waals surface area (Å²) in [6.07, 6.45) is -0.451. The molecule has 0 aliphatic rings. The van der Waals surface area contributed by atoms with Crippen LogP contribution in [0.3, 0.4) is 0 Å². The number of fused-ring (bicyclic) bond motifs is 1. The molecule has 0 amide bonds. The van der Waals surface area contributed by atoms with Crippen LogP contribution in [0.2, 0.25) is 0 Å². The van der Waals surface area contributed by atoms with Gasteiger partial charge in [0.2, 0.25) is 0 Å². The molecule has 5 heteroatoms. The van der Waals surface area contributed by atoms with E-state index in [4.69, 9.17) is 9.05 Å². The molecule has 0 saturated heterocycles. The Kier molecular flexibility index (Phi) is 6.38. The van der Waals surface area contributed by atoms with Crippen molar-refractivity contribution >= 4 is 23.8 Å². The average Bonchev–Trinajstić information content (AvgIpc) is 2.97. The van der Waals surface area contributed by atoms with E-state index in [1.165, 1.54) is 5.56 Å². The van der Waals surface area contributed by atoms with Crippen molar-refractivity contribution in [2.24, 2.45) is 0 Å². The third kappa shape index (κ3) is 4.35. The van der Waals surface area contributed by atoms with Crippen molar-refractivity contribution in [1.29, 1.82) is 0 Å². The van der Waals surface area contributed by atoms with Crippen molar-refractivity contribution in [3.8, 4) is 11.3 Å². The van der Waals surface area contributed by atoms with Gasteiger partial charge in [0, 0.05) is 16.8 Å². The Labute approximate surface area is 174 Å². The molecule has 0 atom stereocenters. The fraction of sp³-hybridized carbons (Fsp3) is 0.417. The molecule has 3 rings (SSSR count). The van der Waals surface area contributed by atoms with Gasteiger partial charge in [-0.05, 0) is 54.0 Å². The third-order valence-corrected chi connectivity index (χ3v) is 7.07. The van der Waals surface area contributed by atoms with Crippen LogP contribution >= 0.6 is 7.60 Å². The van der Waals surface area contributed by atoms with E-state index in [0.29, 0.717) is 5.44 Å². The van der Waals surface area contributed by atoms with E-state index < -0.39 is 7.60 Å². The molecule has 0 aliphatic carbocycles. The monoisotopic (exact) mass is 413 g/mol. The van der Waals surface area contributed by atoms with Crippen LogP contribution in [0.15, 0.2) is 48.5 Å². The molecule has 0 N–H and O–H groups in total. The fourth-order valence-corrected chi connectivity index (χ4v) is 6.16. The van der Waals surface area contributed by atoms with Crippen LogP contribution in [-0.4, -0.2) is 16.8 Å². The second kappa shape index (κ2) is 8.47. The highest BCUT2D eigenvalue weighted by Gasteiger charge is 2.38. The molecule has 0 fully saturated rings. The van der Waals surface area contributed by atoms with E-state index in [0.717, 1.165) is 22.0 Å². The van der Waals surface area contributed by atoms with Gasteiger partial charge in [0.1, 0.15) is 5.44 Å². The minimum Gasteiger partial charge on any atom is -0.331 e. The quantitative estimate of drug-likeness (QED) is 0.397. The molecule has 29 heavy (non-hydrogen) atoms. The summed E-state index contributed by atoms with van der Waals surface area (Å²) >= 11 is 0. The van der Waals surface area contributed by atoms with E-state index >= 15 is 0 Å². The van der Waals surface area contributed by atoms with Gasteiger partial charge in [0.15, 0.2) is 0 Å². The summed E-state index contributed by atoms with van der Waals surface area (Å²) in [5.41, 5.74) is 3.98. The normalized spacial score (nSPS) is 12.6. The average molecular weight is 413 g/mol. The molecule has 0 bridgehead atoms. The topological polar surface area (TPSA) is 40.5 Å². The van der Waals surface area contributed by atoms with Crippen molar-refractivity contribution in [3.05, 3.63) is 54.1 Å². The lowest BCUT2D eigenvalue weighted by Crippen LogP contribution is -2.25. The molecular weight excluding hydrogens is 381 g/mol. The maximum Gasteiger partial charge on any atom is 0.378 e. The number of aryl methyl sites for hydroxylation is 1. The van der Waals surface area contributed by atoms with Gasteiger partial charge in [-0.3, -0.25) is 4.57 Å². The van der Waals surface area contributed by atoms with E-state index in [2.05, 4.69) is 55.7 Å². The SMILES string of the molecule is Cc1ccc(-c2c3ccccc3c(P(=O)(OC(C)C)OC(C)C)n2C(C)C)cc1. The minimum atomic E-state index is -3.57. The van der Waals surface area contributed by atoms with Gasteiger partial charge < -0.3 is 13.6 Å². The molecule has 0 spiro atoms. The zero-order chi connectivity index (χ0) is 21.3. The highest BCUT2D eigenvalue weighted by atomic mass is 31.2. The lowest BCUT2D eigenvalue weighted by molar-refractivity contribution is 0.149. The Hall–Kier alpha value is -1.87. The van der Waals surface area contributed by atoms with Crippen molar-refractivity contribution in [3.63, 3.8) is 0 Å². The van der Waals surface area contributed by atoms with Gasteiger partial charge >= 0.3 is 7.60 Å². The van der Waals surface area contributed by atoms with Crippen LogP contribution < -0.4 is 5.44 Å². The molecule has 2 aromatic carbocycles. The predicted molar refractivity (Wildman–Crippen MR) is 122 cm³/mol. The van der Waals surface area contributed by atoms with Crippen molar-refractivity contribution in [2.45, 2.75) is 66.7 Å². The van der Waals surface area contributed by atoms with Crippen molar-refractivity contribution < 1.29 is 13.6 Å². The van der Waals surface area contributed by atoms with Crippen LogP contribution in [0.1, 0.15) is 53.1 Å². The first-order valence-corrected chi connectivity index (χ1v) is 11.9. The van der Waals surface area contributed by atoms with Crippen molar-refractivity contribution in [1.82, 2.24) is 4.57 Å². The summed E-state index contributed by atoms with van der Waals surface area (Å²) in [4.78, 5) is 0. The molecule has 0 saturated carbocycles. The third-order valence-electron chi connectivity index (χ3n) is 4.69. The number of nitrogens with zero attached hydrogens (tertiary/aromatic N) is 1. The number of rotatable bonds is 7. The fourth-order valence-electron chi connectivity index (χ4n) is 3.72. The van der Waals surface area contributed by atoms with Gasteiger partial charge in [-0.15, -0.1) is 0 Å². The maximum absolute atomic E-state index is 14.2. The first-order chi connectivity index (χ1) is 13.6. The van der Waals surface area contributed by atoms with E-state index in [1.54, 1.807) is 0 Å². The zero-order valence-corrected chi connectivity index (χ0v) is 19.4. The molecule has 4 nitrogen and oxygen atoms in total. The van der Waals surface area contributed by atoms with Crippen LogP contribution in [0, 0.1) is 6.92 Å². The molecule has 0 unspecified atom stereocenters. The van der Waals surface area contributed by atoms with E-state index in [1.807, 2.05) is 45.9 Å². The molecule has 1 aromatic heterocycles. The van der Waals surface area contributed by atoms with E-state index in [-0.39, 0.29) is 18.2 Å². The van der Waals surface area contributed by atoms with Gasteiger partial charge in [-0.2, -0.15) is 0 Å². The Morgan fingerprint density at radius 1 is 0.793 bits per heavy atom. The van der Waals surface area contributed by atoms with Gasteiger partial charge in [-0.1, -0.05) is 54.1 Å². The smallest absolute Gasteiger partial charge is 0.331 e. The highest BCUT2D eigenvalue weighted by Crippen LogP contribution is 2.53. The Balaban J connectivity index is 2.42. The first kappa shape index (κ1) is 21.8. The summed E-state index contributed by atoms with van der Waals surface area (Å²) in [5.74, 6) is 0. The first-order valence-electron chi connectivity index (χ1n) is 10.3. The minimum absolute atomic E-state index is 0.0774. The van der Waals surface area contributed by atoms with Crippen molar-refractivity contribution in [2.75, 3.05) is 0 Å². The van der Waals surface area contributed by atoms with Gasteiger partial charge in [-0.25, -0.2) is 0 Å². The molecule has 0 aliphatic heterocycles. The molecular formula is C24H32NO3P. The molecule has 0 radical (unpaired) electrons. The second-order valence-corrected chi connectivity index (χ2v) is 10.2. The predicted octanol–water partition coefficient (Wildman–Crippen LogP) is 6.87. The van der Waals surface area contributed by atoms with Crippen LogP contribution in [-0.2, 0) is 13.6 Å². The van der Waals surface area contributed by atoms with Gasteiger partial charge in [0.05, 0.1) is 17.9 Å². The number of hydrogen-bond donors (Lipinski definition) is 0. The molecule has 3 aromatic rings. The zero-order valence-electron chi connectivity index (χ0n) is 18.5. The summed E-state index contributed by atoms with van der Waals surface area (Å²) < 4.78 is 28.4. The Bertz CT molecular complexity index is 1020. The Morgan fingerprint density at radius 2 is 1.31 bits per heavy atom. The summed E-state index contributed by atoms with van der Waals surface area (Å²) in [7, 11) is -3.57. The lowest BCUT2D eigenvalue weighted by atomic mass is 10.1. The largest absolute Gasteiger partial charge is 0.378 e. The van der Waals surface area contributed by atoms with Crippen LogP contribution in [0.25, 0.3) is 22.0 Å². The second-order valence-electron chi connectivity index (χ2n) is 8.35. The standard InChI is InChI=1S/C24H32NO3P/c1-16(2)25-23(20-14-12-19(7)13-15-20)21-10-8-9-11-22(21)24(25)29(26,27-17(3)4)28-18(5)6/h8-18H,1-7H3. The van der Waals surface area contributed by atoms with E-state index in [9.17, 15) is 4.57 Å². The van der Waals surface area contributed by atoms with Crippen LogP contribution in [0.4, 0.5) is 0 Å². The summed E-state index contributed by atoms with van der Waals surface area (Å²) in [6, 6.07) is 16.6. The number of hydrogen-bond acceptors (Lipinski definition) is 3. The summed E-state index contributed by atoms with van der Waals surface area (Å²) in [5, 5.41) is 1.97. The number of aromatic nitrogens is 1. The van der Waals surface area contributed by atoms with Gasteiger partial charge in [0.25, 0.3) is 0 Å². The van der Waals surface area contributed by atoms with Crippen LogP contribution in [0.5, 0.6) is 0 Å². The lowest BCUT2D eigenvalue weighted by Gasteiger charge is -2.26. The number of benzene rings is 2. The molecule has 156 valence electrons. The molecule has 1 heterocycles.